The molecule has 0 spiro atoms. The summed E-state index contributed by atoms with van der Waals surface area (Å²) in [6, 6.07) is 14.1. The van der Waals surface area contributed by atoms with Gasteiger partial charge in [-0.3, -0.25) is 4.79 Å². The summed E-state index contributed by atoms with van der Waals surface area (Å²) in [5.41, 5.74) is 1.29. The van der Waals surface area contributed by atoms with E-state index in [4.69, 9.17) is 4.42 Å². The Bertz CT molecular complexity index is 1490. The van der Waals surface area contributed by atoms with Crippen LogP contribution >= 0.6 is 11.3 Å². The Morgan fingerprint density at radius 2 is 1.74 bits per heavy atom. The van der Waals surface area contributed by atoms with E-state index in [0.29, 0.717) is 14.6 Å². The number of carbonyl (C=O) groups excluding carboxylic acids is 1. The van der Waals surface area contributed by atoms with E-state index in [-0.39, 0.29) is 27.3 Å². The van der Waals surface area contributed by atoms with Crippen molar-refractivity contribution in [1.29, 1.82) is 0 Å². The van der Waals surface area contributed by atoms with Gasteiger partial charge in [0.2, 0.25) is 0 Å². The minimum Gasteiger partial charge on any atom is -0.414 e. The maximum absolute atomic E-state index is 13.6. The van der Waals surface area contributed by atoms with Crippen LogP contribution in [0.5, 0.6) is 0 Å². The largest absolute Gasteiger partial charge is 0.414 e. The van der Waals surface area contributed by atoms with Crippen LogP contribution < -0.4 is 9.24 Å². The van der Waals surface area contributed by atoms with E-state index in [1.54, 1.807) is 25.1 Å². The molecule has 0 saturated heterocycles. The molecule has 1 heterocycles. The lowest BCUT2D eigenvalue weighted by atomic mass is 10.1. The number of hydrogen-bond acceptors (Lipinski definition) is 6. The van der Waals surface area contributed by atoms with E-state index in [9.17, 15) is 22.4 Å². The van der Waals surface area contributed by atoms with Crippen molar-refractivity contribution in [2.75, 3.05) is 4.31 Å². The molecule has 31 heavy (non-hydrogen) atoms. The predicted octanol–water partition coefficient (Wildman–Crippen LogP) is 4.65. The standard InChI is InChI=1S/C22H16FNO5S2/c1-13-5-3-4-6-17(13)21(25)24(16-8-9-18-19(12-16)30-22(26)29-18)31(27,28)20-10-7-15(23)11-14(20)2/h3-12H,1-2H3. The van der Waals surface area contributed by atoms with Crippen molar-refractivity contribution in [1.82, 2.24) is 0 Å². The Balaban J connectivity index is 1.96. The van der Waals surface area contributed by atoms with Crippen molar-refractivity contribution in [3.8, 4) is 0 Å². The molecule has 0 unspecified atom stereocenters. The number of anilines is 1. The van der Waals surface area contributed by atoms with Gasteiger partial charge in [0, 0.05) is 5.56 Å². The summed E-state index contributed by atoms with van der Waals surface area (Å²) in [7, 11) is -4.41. The van der Waals surface area contributed by atoms with Crippen molar-refractivity contribution in [2.24, 2.45) is 0 Å². The first-order valence-corrected chi connectivity index (χ1v) is 11.4. The zero-order valence-electron chi connectivity index (χ0n) is 16.5. The SMILES string of the molecule is Cc1ccccc1C(=O)N(c1ccc2oc(=O)sc2c1)S(=O)(=O)c1ccc(F)cc1C. The Kier molecular flexibility index (Phi) is 5.24. The zero-order valence-corrected chi connectivity index (χ0v) is 18.1. The predicted molar refractivity (Wildman–Crippen MR) is 117 cm³/mol. The molecule has 0 aliphatic heterocycles. The molecule has 3 aromatic carbocycles. The van der Waals surface area contributed by atoms with Crippen molar-refractivity contribution in [2.45, 2.75) is 18.7 Å². The summed E-state index contributed by atoms with van der Waals surface area (Å²) in [6.07, 6.45) is 0. The number of benzene rings is 3. The number of amides is 1. The van der Waals surface area contributed by atoms with Gasteiger partial charge in [-0.2, -0.15) is 4.31 Å². The van der Waals surface area contributed by atoms with Crippen LogP contribution in [0, 0.1) is 19.7 Å². The summed E-state index contributed by atoms with van der Waals surface area (Å²) in [5.74, 6) is -1.35. The Morgan fingerprint density at radius 1 is 1.00 bits per heavy atom. The molecule has 4 rings (SSSR count). The van der Waals surface area contributed by atoms with Gasteiger partial charge >= 0.3 is 4.94 Å². The third kappa shape index (κ3) is 3.77. The first-order valence-electron chi connectivity index (χ1n) is 9.13. The normalized spacial score (nSPS) is 11.6. The van der Waals surface area contributed by atoms with E-state index in [0.717, 1.165) is 29.5 Å². The summed E-state index contributed by atoms with van der Waals surface area (Å²) < 4.78 is 47.0. The lowest BCUT2D eigenvalue weighted by molar-refractivity contribution is 0.100. The van der Waals surface area contributed by atoms with E-state index >= 15 is 0 Å². The Hall–Kier alpha value is -3.30. The van der Waals surface area contributed by atoms with Gasteiger partial charge in [-0.25, -0.2) is 17.6 Å². The number of halogens is 1. The van der Waals surface area contributed by atoms with Gasteiger partial charge in [0.05, 0.1) is 15.3 Å². The highest BCUT2D eigenvalue weighted by molar-refractivity contribution is 7.93. The molecule has 1 amide bonds. The lowest BCUT2D eigenvalue weighted by Crippen LogP contribution is -2.37. The molecule has 0 saturated carbocycles. The molecule has 0 fully saturated rings. The van der Waals surface area contributed by atoms with Crippen molar-refractivity contribution in [3.63, 3.8) is 0 Å². The molecule has 4 aromatic rings. The smallest absolute Gasteiger partial charge is 0.396 e. The average molecular weight is 458 g/mol. The van der Waals surface area contributed by atoms with Gasteiger partial charge < -0.3 is 4.42 Å². The highest BCUT2D eigenvalue weighted by Crippen LogP contribution is 2.31. The number of nitrogens with zero attached hydrogens (tertiary/aromatic N) is 1. The monoisotopic (exact) mass is 457 g/mol. The molecular weight excluding hydrogens is 441 g/mol. The van der Waals surface area contributed by atoms with Crippen LogP contribution in [0.2, 0.25) is 0 Å². The Morgan fingerprint density at radius 3 is 2.45 bits per heavy atom. The van der Waals surface area contributed by atoms with Crippen LogP contribution in [0.25, 0.3) is 10.3 Å². The van der Waals surface area contributed by atoms with E-state index in [1.165, 1.54) is 31.2 Å². The third-order valence-electron chi connectivity index (χ3n) is 4.76. The van der Waals surface area contributed by atoms with Gasteiger partial charge in [0.15, 0.2) is 0 Å². The minimum absolute atomic E-state index is 0.0431. The molecule has 0 radical (unpaired) electrons. The van der Waals surface area contributed by atoms with Crippen LogP contribution in [-0.2, 0) is 10.0 Å². The van der Waals surface area contributed by atoms with Crippen molar-refractivity contribution < 1.29 is 22.0 Å². The maximum atomic E-state index is 13.6. The van der Waals surface area contributed by atoms with Gasteiger partial charge in [-0.05, 0) is 67.4 Å². The molecule has 0 N–H and O–H groups in total. The molecular formula is C22H16FNO5S2. The van der Waals surface area contributed by atoms with Gasteiger partial charge in [-0.15, -0.1) is 0 Å². The van der Waals surface area contributed by atoms with Crippen LogP contribution in [0.15, 0.2) is 74.8 Å². The van der Waals surface area contributed by atoms with Crippen LogP contribution in [0.3, 0.4) is 0 Å². The van der Waals surface area contributed by atoms with E-state index in [1.807, 2.05) is 0 Å². The van der Waals surface area contributed by atoms with Crippen LogP contribution in [-0.4, -0.2) is 14.3 Å². The maximum Gasteiger partial charge on any atom is 0.396 e. The highest BCUT2D eigenvalue weighted by atomic mass is 32.2. The number of rotatable bonds is 4. The summed E-state index contributed by atoms with van der Waals surface area (Å²) in [4.78, 5) is 24.3. The van der Waals surface area contributed by atoms with Gasteiger partial charge in [0.1, 0.15) is 11.4 Å². The van der Waals surface area contributed by atoms with Crippen LogP contribution in [0.1, 0.15) is 21.5 Å². The molecule has 1 aromatic heterocycles. The van der Waals surface area contributed by atoms with Gasteiger partial charge in [-0.1, -0.05) is 29.5 Å². The molecule has 0 aliphatic rings. The molecule has 158 valence electrons. The minimum atomic E-state index is -4.41. The van der Waals surface area contributed by atoms with Crippen LogP contribution in [0.4, 0.5) is 10.1 Å². The Labute approximate surface area is 181 Å². The van der Waals surface area contributed by atoms with Gasteiger partial charge in [0.25, 0.3) is 15.9 Å². The van der Waals surface area contributed by atoms with Crippen molar-refractivity contribution in [3.05, 3.63) is 92.9 Å². The van der Waals surface area contributed by atoms with Crippen molar-refractivity contribution >= 4 is 43.2 Å². The lowest BCUT2D eigenvalue weighted by Gasteiger charge is -2.24. The van der Waals surface area contributed by atoms with E-state index in [2.05, 4.69) is 0 Å². The second kappa shape index (κ2) is 7.75. The zero-order chi connectivity index (χ0) is 22.3. The summed E-state index contributed by atoms with van der Waals surface area (Å²) in [5, 5.41) is 0. The number of sulfonamides is 1. The second-order valence-electron chi connectivity index (χ2n) is 6.88. The number of carbonyl (C=O) groups is 1. The molecule has 0 bridgehead atoms. The number of hydrogen-bond donors (Lipinski definition) is 0. The topological polar surface area (TPSA) is 84.7 Å². The first-order chi connectivity index (χ1) is 14.7. The average Bonchev–Trinajstić information content (AvgIpc) is 3.07. The van der Waals surface area contributed by atoms with E-state index < -0.39 is 26.7 Å². The molecule has 0 aliphatic carbocycles. The fourth-order valence-corrected chi connectivity index (χ4v) is 5.59. The quantitative estimate of drug-likeness (QED) is 0.446. The molecule has 0 atom stereocenters. The number of fused-ring (bicyclic) bond motifs is 1. The number of aryl methyl sites for hydroxylation is 2. The fourth-order valence-electron chi connectivity index (χ4n) is 3.28. The second-order valence-corrected chi connectivity index (χ2v) is 9.62. The molecule has 6 nitrogen and oxygen atoms in total. The molecule has 9 heteroatoms. The fraction of sp³-hybridized carbons (Fsp3) is 0.0909. The summed E-state index contributed by atoms with van der Waals surface area (Å²) >= 11 is 0.801. The summed E-state index contributed by atoms with van der Waals surface area (Å²) in [6.45, 7) is 3.16. The highest BCUT2D eigenvalue weighted by Gasteiger charge is 2.34. The third-order valence-corrected chi connectivity index (χ3v) is 7.42. The first kappa shape index (κ1) is 21.0.